The van der Waals surface area contributed by atoms with Crippen molar-refractivity contribution in [2.45, 2.75) is 98.8 Å². The van der Waals surface area contributed by atoms with Crippen LogP contribution < -0.4 is 10.5 Å². The number of carbonyl (C=O) groups excluding carboxylic acids is 1. The molecule has 0 saturated carbocycles. The van der Waals surface area contributed by atoms with Crippen LogP contribution in [0.2, 0.25) is 0 Å². The smallest absolute Gasteiger partial charge is 0.344 e. The standard InChI is InChI=1S/C26H45NO3/c1-24(2,3)17-19-15-20(25(4,5)6)16-21(26(7,8)9)23(19)30-18-22(28)29-14-12-10-11-13-27/h15-16H,10-14,17-18,27H2,1-9H3. The van der Waals surface area contributed by atoms with E-state index >= 15 is 0 Å². The van der Waals surface area contributed by atoms with Crippen molar-refractivity contribution in [3.8, 4) is 5.75 Å². The van der Waals surface area contributed by atoms with Crippen LogP contribution in [0.1, 0.15) is 98.3 Å². The molecule has 0 saturated heterocycles. The predicted molar refractivity (Wildman–Crippen MR) is 126 cm³/mol. The lowest BCUT2D eigenvalue weighted by Crippen LogP contribution is -2.23. The molecule has 4 nitrogen and oxygen atoms in total. The molecular weight excluding hydrogens is 374 g/mol. The van der Waals surface area contributed by atoms with E-state index in [1.165, 1.54) is 5.56 Å². The zero-order chi connectivity index (χ0) is 23.2. The fourth-order valence-electron chi connectivity index (χ4n) is 3.33. The third kappa shape index (κ3) is 9.07. The Hall–Kier alpha value is -1.55. The minimum absolute atomic E-state index is 0.0353. The van der Waals surface area contributed by atoms with Gasteiger partial charge in [0.25, 0.3) is 0 Å². The summed E-state index contributed by atoms with van der Waals surface area (Å²) >= 11 is 0. The van der Waals surface area contributed by atoms with Crippen molar-refractivity contribution in [1.29, 1.82) is 0 Å². The van der Waals surface area contributed by atoms with E-state index < -0.39 is 0 Å². The molecule has 0 fully saturated rings. The molecule has 1 aromatic rings. The summed E-state index contributed by atoms with van der Waals surface area (Å²) in [7, 11) is 0. The summed E-state index contributed by atoms with van der Waals surface area (Å²) in [5.74, 6) is 0.523. The van der Waals surface area contributed by atoms with E-state index in [1.54, 1.807) is 0 Å². The van der Waals surface area contributed by atoms with Gasteiger partial charge in [0, 0.05) is 5.56 Å². The third-order valence-electron chi connectivity index (χ3n) is 5.01. The van der Waals surface area contributed by atoms with Crippen LogP contribution in [0, 0.1) is 5.41 Å². The lowest BCUT2D eigenvalue weighted by atomic mass is 9.76. The number of nitrogens with two attached hydrogens (primary N) is 1. The zero-order valence-corrected chi connectivity index (χ0v) is 20.9. The molecule has 0 radical (unpaired) electrons. The maximum Gasteiger partial charge on any atom is 0.344 e. The van der Waals surface area contributed by atoms with E-state index in [1.807, 2.05) is 0 Å². The van der Waals surface area contributed by atoms with Crippen LogP contribution in [0.25, 0.3) is 0 Å². The van der Waals surface area contributed by atoms with Crippen molar-refractivity contribution >= 4 is 5.97 Å². The van der Waals surface area contributed by atoms with Gasteiger partial charge in [0.05, 0.1) is 6.61 Å². The Labute approximate surface area is 184 Å². The van der Waals surface area contributed by atoms with Crippen LogP contribution in [-0.2, 0) is 26.8 Å². The van der Waals surface area contributed by atoms with E-state index in [9.17, 15) is 4.79 Å². The van der Waals surface area contributed by atoms with Gasteiger partial charge in [-0.25, -0.2) is 4.79 Å². The van der Waals surface area contributed by atoms with Crippen LogP contribution in [0.3, 0.4) is 0 Å². The van der Waals surface area contributed by atoms with Crippen LogP contribution >= 0.6 is 0 Å². The molecule has 172 valence electrons. The molecule has 0 unspecified atom stereocenters. The highest BCUT2D eigenvalue weighted by molar-refractivity contribution is 5.71. The molecule has 0 spiro atoms. The molecule has 0 bridgehead atoms. The summed E-state index contributed by atoms with van der Waals surface area (Å²) in [5.41, 5.74) is 9.14. The molecule has 30 heavy (non-hydrogen) atoms. The molecule has 1 aromatic carbocycles. The fraction of sp³-hybridized carbons (Fsp3) is 0.731. The molecule has 0 heterocycles. The minimum Gasteiger partial charge on any atom is -0.481 e. The van der Waals surface area contributed by atoms with E-state index in [0.29, 0.717) is 13.2 Å². The first-order chi connectivity index (χ1) is 13.6. The second-order valence-electron chi connectivity index (χ2n) is 11.6. The molecule has 0 aromatic heterocycles. The largest absolute Gasteiger partial charge is 0.481 e. The SMILES string of the molecule is CC(C)(C)Cc1cc(C(C)(C)C)cc(C(C)(C)C)c1OCC(=O)OCCCCCN. The summed E-state index contributed by atoms with van der Waals surface area (Å²) in [6.07, 6.45) is 3.65. The van der Waals surface area contributed by atoms with Gasteiger partial charge < -0.3 is 15.2 Å². The molecule has 0 aliphatic rings. The van der Waals surface area contributed by atoms with Crippen molar-refractivity contribution in [2.24, 2.45) is 11.1 Å². The number of benzene rings is 1. The maximum absolute atomic E-state index is 12.3. The Kier molecular flexibility index (Phi) is 9.41. The average Bonchev–Trinajstić information content (AvgIpc) is 2.56. The topological polar surface area (TPSA) is 61.5 Å². The number of unbranched alkanes of at least 4 members (excludes halogenated alkanes) is 2. The monoisotopic (exact) mass is 419 g/mol. The van der Waals surface area contributed by atoms with Crippen LogP contribution in [0.4, 0.5) is 0 Å². The molecule has 0 atom stereocenters. The fourth-order valence-corrected chi connectivity index (χ4v) is 3.33. The highest BCUT2D eigenvalue weighted by atomic mass is 16.6. The number of esters is 1. The number of rotatable bonds is 9. The summed E-state index contributed by atoms with van der Waals surface area (Å²) in [6.45, 7) is 21.0. The molecule has 0 aliphatic heterocycles. The first-order valence-electron chi connectivity index (χ1n) is 11.3. The number of hydrogen-bond donors (Lipinski definition) is 1. The Morgan fingerprint density at radius 1 is 0.900 bits per heavy atom. The van der Waals surface area contributed by atoms with E-state index in [2.05, 4.69) is 74.4 Å². The first kappa shape index (κ1) is 26.5. The Balaban J connectivity index is 3.16. The predicted octanol–water partition coefficient (Wildman–Crippen LogP) is 5.92. The summed E-state index contributed by atoms with van der Waals surface area (Å²) in [4.78, 5) is 12.3. The van der Waals surface area contributed by atoms with Gasteiger partial charge in [0.2, 0.25) is 0 Å². The van der Waals surface area contributed by atoms with Crippen molar-refractivity contribution < 1.29 is 14.3 Å². The quantitative estimate of drug-likeness (QED) is 0.398. The van der Waals surface area contributed by atoms with Crippen molar-refractivity contribution in [1.82, 2.24) is 0 Å². The van der Waals surface area contributed by atoms with Crippen molar-refractivity contribution in [3.63, 3.8) is 0 Å². The lowest BCUT2D eigenvalue weighted by molar-refractivity contribution is -0.146. The van der Waals surface area contributed by atoms with Crippen LogP contribution in [0.5, 0.6) is 5.75 Å². The zero-order valence-electron chi connectivity index (χ0n) is 20.9. The first-order valence-corrected chi connectivity index (χ1v) is 11.3. The highest BCUT2D eigenvalue weighted by Gasteiger charge is 2.28. The lowest BCUT2D eigenvalue weighted by Gasteiger charge is -2.31. The average molecular weight is 420 g/mol. The van der Waals surface area contributed by atoms with Gasteiger partial charge in [0.1, 0.15) is 5.75 Å². The summed E-state index contributed by atoms with van der Waals surface area (Å²) in [5, 5.41) is 0. The molecule has 2 N–H and O–H groups in total. The molecular formula is C26H45NO3. The van der Waals surface area contributed by atoms with Gasteiger partial charge in [-0.15, -0.1) is 0 Å². The molecule has 1 rings (SSSR count). The van der Waals surface area contributed by atoms with Crippen molar-refractivity contribution in [2.75, 3.05) is 19.8 Å². The van der Waals surface area contributed by atoms with Crippen LogP contribution in [-0.4, -0.2) is 25.7 Å². The second kappa shape index (κ2) is 10.7. The van der Waals surface area contributed by atoms with E-state index in [4.69, 9.17) is 15.2 Å². The normalized spacial score (nSPS) is 12.7. The van der Waals surface area contributed by atoms with Gasteiger partial charge in [0.15, 0.2) is 6.61 Å². The van der Waals surface area contributed by atoms with Gasteiger partial charge in [-0.1, -0.05) is 74.4 Å². The summed E-state index contributed by atoms with van der Waals surface area (Å²) < 4.78 is 11.5. The van der Waals surface area contributed by atoms with Gasteiger partial charge in [-0.05, 0) is 59.6 Å². The minimum atomic E-state index is -0.316. The van der Waals surface area contributed by atoms with Gasteiger partial charge in [-0.2, -0.15) is 0 Å². The molecule has 0 amide bonds. The molecule has 0 aliphatic carbocycles. The van der Waals surface area contributed by atoms with Crippen molar-refractivity contribution in [3.05, 3.63) is 28.8 Å². The third-order valence-corrected chi connectivity index (χ3v) is 5.01. The van der Waals surface area contributed by atoms with Gasteiger partial charge in [-0.3, -0.25) is 0 Å². The van der Waals surface area contributed by atoms with E-state index in [0.717, 1.165) is 42.6 Å². The van der Waals surface area contributed by atoms with E-state index in [-0.39, 0.29) is 28.8 Å². The maximum atomic E-state index is 12.3. The number of hydrogen-bond acceptors (Lipinski definition) is 4. The van der Waals surface area contributed by atoms with Crippen LogP contribution in [0.15, 0.2) is 12.1 Å². The number of carbonyl (C=O) groups is 1. The van der Waals surface area contributed by atoms with Gasteiger partial charge >= 0.3 is 5.97 Å². The Bertz CT molecular complexity index is 688. The number of ether oxygens (including phenoxy) is 2. The highest BCUT2D eigenvalue weighted by Crippen LogP contribution is 2.40. The second-order valence-corrected chi connectivity index (χ2v) is 11.6. The molecule has 4 heteroatoms. The summed E-state index contributed by atoms with van der Waals surface area (Å²) in [6, 6.07) is 4.51. The Morgan fingerprint density at radius 2 is 1.53 bits per heavy atom. The Morgan fingerprint density at radius 3 is 2.03 bits per heavy atom.